The smallest absolute Gasteiger partial charge is 0.191 e. The van der Waals surface area contributed by atoms with Crippen molar-refractivity contribution in [3.05, 3.63) is 51.5 Å². The number of aromatic nitrogens is 1. The Bertz CT molecular complexity index is 607. The van der Waals surface area contributed by atoms with Crippen molar-refractivity contribution in [3.63, 3.8) is 0 Å². The first kappa shape index (κ1) is 19.9. The minimum Gasteiger partial charge on any atom is -0.356 e. The van der Waals surface area contributed by atoms with E-state index >= 15 is 0 Å². The molecule has 0 aliphatic heterocycles. The lowest BCUT2D eigenvalue weighted by Crippen LogP contribution is -2.37. The molecule has 0 unspecified atom stereocenters. The average Bonchev–Trinajstić information content (AvgIpc) is 3.00. The summed E-state index contributed by atoms with van der Waals surface area (Å²) in [5, 5.41) is 7.74. The Morgan fingerprint density at radius 1 is 1.22 bits per heavy atom. The maximum Gasteiger partial charge on any atom is 0.191 e. The Morgan fingerprint density at radius 3 is 2.57 bits per heavy atom. The van der Waals surface area contributed by atoms with Crippen LogP contribution in [0.1, 0.15) is 27.9 Å². The zero-order valence-corrected chi connectivity index (χ0v) is 17.1. The van der Waals surface area contributed by atoms with Gasteiger partial charge in [-0.25, -0.2) is 4.98 Å². The summed E-state index contributed by atoms with van der Waals surface area (Å²) < 4.78 is 0. The molecule has 2 rings (SSSR count). The second kappa shape index (κ2) is 10.6. The molecule has 0 spiro atoms. The summed E-state index contributed by atoms with van der Waals surface area (Å²) >= 11 is 1.75. The van der Waals surface area contributed by atoms with Crippen molar-refractivity contribution in [2.45, 2.75) is 33.2 Å². The maximum absolute atomic E-state index is 4.40. The van der Waals surface area contributed by atoms with Gasteiger partial charge in [0.2, 0.25) is 0 Å². The molecular weight excluding hydrogens is 419 g/mol. The number of halogens is 1. The second-order valence-corrected chi connectivity index (χ2v) is 6.36. The molecule has 6 heteroatoms. The topological polar surface area (TPSA) is 49.3 Å². The zero-order chi connectivity index (χ0) is 15.8. The molecule has 0 bridgehead atoms. The van der Waals surface area contributed by atoms with E-state index in [1.165, 1.54) is 16.0 Å². The highest BCUT2D eigenvalue weighted by molar-refractivity contribution is 14.0. The van der Waals surface area contributed by atoms with Gasteiger partial charge in [0.15, 0.2) is 5.96 Å². The van der Waals surface area contributed by atoms with Gasteiger partial charge in [-0.05, 0) is 25.3 Å². The Kier molecular flexibility index (Phi) is 9.16. The number of aliphatic imine (C=N–C) groups is 1. The van der Waals surface area contributed by atoms with Crippen molar-refractivity contribution in [1.29, 1.82) is 0 Å². The van der Waals surface area contributed by atoms with Gasteiger partial charge in [-0.3, -0.25) is 4.99 Å². The van der Waals surface area contributed by atoms with Gasteiger partial charge in [0.1, 0.15) is 5.01 Å². The molecule has 1 heterocycles. The maximum atomic E-state index is 4.40. The number of guanidine groups is 1. The fourth-order valence-corrected chi connectivity index (χ4v) is 2.86. The van der Waals surface area contributed by atoms with Crippen molar-refractivity contribution in [1.82, 2.24) is 15.6 Å². The summed E-state index contributed by atoms with van der Waals surface area (Å²) in [5.74, 6) is 0.820. The minimum atomic E-state index is 0. The highest BCUT2D eigenvalue weighted by atomic mass is 127. The van der Waals surface area contributed by atoms with Crippen LogP contribution >= 0.6 is 35.3 Å². The van der Waals surface area contributed by atoms with Crippen molar-refractivity contribution in [3.8, 4) is 0 Å². The van der Waals surface area contributed by atoms with E-state index in [4.69, 9.17) is 0 Å². The van der Waals surface area contributed by atoms with Crippen LogP contribution in [0.25, 0.3) is 0 Å². The Balaban J connectivity index is 0.00000264. The average molecular weight is 444 g/mol. The fraction of sp³-hybridized carbons (Fsp3) is 0.412. The fourth-order valence-electron chi connectivity index (χ4n) is 2.05. The van der Waals surface area contributed by atoms with Crippen LogP contribution < -0.4 is 10.6 Å². The predicted octanol–water partition coefficient (Wildman–Crippen LogP) is 3.54. The first-order valence-electron chi connectivity index (χ1n) is 7.65. The Hall–Kier alpha value is -1.15. The van der Waals surface area contributed by atoms with Gasteiger partial charge in [-0.2, -0.15) is 0 Å². The standard InChI is InChI=1S/C17H24N4S.HI/c1-4-15-11-20-16(22-15)12-21-17(18-3)19-10-9-14-7-5-13(2)6-8-14;/h5-8,11H,4,9-10,12H2,1-3H3,(H2,18,19,21);1H. The summed E-state index contributed by atoms with van der Waals surface area (Å²) in [6, 6.07) is 8.65. The largest absolute Gasteiger partial charge is 0.356 e. The third-order valence-electron chi connectivity index (χ3n) is 3.41. The number of thiazole rings is 1. The van der Waals surface area contributed by atoms with Gasteiger partial charge in [0.05, 0.1) is 6.54 Å². The minimum absolute atomic E-state index is 0. The lowest BCUT2D eigenvalue weighted by atomic mass is 10.1. The van der Waals surface area contributed by atoms with Gasteiger partial charge in [-0.1, -0.05) is 36.8 Å². The van der Waals surface area contributed by atoms with Crippen LogP contribution in [0, 0.1) is 6.92 Å². The van der Waals surface area contributed by atoms with Gasteiger partial charge < -0.3 is 10.6 Å². The molecule has 1 aromatic carbocycles. The summed E-state index contributed by atoms with van der Waals surface area (Å²) in [7, 11) is 1.79. The number of hydrogen-bond donors (Lipinski definition) is 2. The van der Waals surface area contributed by atoms with E-state index in [1.807, 2.05) is 6.20 Å². The molecule has 0 aliphatic rings. The number of nitrogens with one attached hydrogen (secondary N) is 2. The van der Waals surface area contributed by atoms with E-state index in [0.717, 1.165) is 36.9 Å². The molecule has 0 saturated carbocycles. The number of hydrogen-bond acceptors (Lipinski definition) is 3. The first-order valence-corrected chi connectivity index (χ1v) is 8.46. The summed E-state index contributed by atoms with van der Waals surface area (Å²) in [5.41, 5.74) is 2.63. The van der Waals surface area contributed by atoms with E-state index in [0.29, 0.717) is 0 Å². The number of aryl methyl sites for hydroxylation is 2. The number of rotatable bonds is 6. The lowest BCUT2D eigenvalue weighted by Gasteiger charge is -2.11. The van der Waals surface area contributed by atoms with Gasteiger partial charge >= 0.3 is 0 Å². The molecule has 0 aliphatic carbocycles. The van der Waals surface area contributed by atoms with Gasteiger partial charge in [0.25, 0.3) is 0 Å². The first-order chi connectivity index (χ1) is 10.7. The molecule has 0 saturated heterocycles. The van der Waals surface area contributed by atoms with E-state index in [2.05, 4.69) is 58.7 Å². The second-order valence-electron chi connectivity index (χ2n) is 5.16. The van der Waals surface area contributed by atoms with E-state index in [9.17, 15) is 0 Å². The third kappa shape index (κ3) is 6.87. The van der Waals surface area contributed by atoms with Crippen LogP contribution in [-0.2, 0) is 19.4 Å². The molecule has 0 radical (unpaired) electrons. The van der Waals surface area contributed by atoms with Crippen molar-refractivity contribution in [2.24, 2.45) is 4.99 Å². The third-order valence-corrected chi connectivity index (χ3v) is 4.55. The molecule has 126 valence electrons. The molecular formula is C17H25IN4S. The van der Waals surface area contributed by atoms with Crippen LogP contribution in [0.5, 0.6) is 0 Å². The monoisotopic (exact) mass is 444 g/mol. The van der Waals surface area contributed by atoms with Crippen LogP contribution in [0.3, 0.4) is 0 Å². The van der Waals surface area contributed by atoms with Crippen LogP contribution in [0.4, 0.5) is 0 Å². The quantitative estimate of drug-likeness (QED) is 0.407. The van der Waals surface area contributed by atoms with Crippen LogP contribution in [-0.4, -0.2) is 24.5 Å². The van der Waals surface area contributed by atoms with Crippen molar-refractivity contribution >= 4 is 41.3 Å². The molecule has 1 aromatic heterocycles. The van der Waals surface area contributed by atoms with Gasteiger partial charge in [-0.15, -0.1) is 35.3 Å². The summed E-state index contributed by atoms with van der Waals surface area (Å²) in [6.07, 6.45) is 3.98. The van der Waals surface area contributed by atoms with E-state index in [-0.39, 0.29) is 24.0 Å². The molecule has 0 amide bonds. The highest BCUT2D eigenvalue weighted by Gasteiger charge is 2.02. The van der Waals surface area contributed by atoms with Crippen molar-refractivity contribution < 1.29 is 0 Å². The normalized spacial score (nSPS) is 11.0. The predicted molar refractivity (Wildman–Crippen MR) is 110 cm³/mol. The summed E-state index contributed by atoms with van der Waals surface area (Å²) in [4.78, 5) is 9.97. The molecule has 0 atom stereocenters. The van der Waals surface area contributed by atoms with Gasteiger partial charge in [0, 0.05) is 24.7 Å². The SMILES string of the molecule is CCc1cnc(CNC(=NC)NCCc2ccc(C)cc2)s1.I. The van der Waals surface area contributed by atoms with Crippen molar-refractivity contribution in [2.75, 3.05) is 13.6 Å². The molecule has 0 fully saturated rings. The number of nitrogens with zero attached hydrogens (tertiary/aromatic N) is 2. The Morgan fingerprint density at radius 2 is 1.96 bits per heavy atom. The van der Waals surface area contributed by atoms with Crippen LogP contribution in [0.15, 0.2) is 35.5 Å². The molecule has 4 nitrogen and oxygen atoms in total. The molecule has 2 N–H and O–H groups in total. The van der Waals surface area contributed by atoms with E-state index < -0.39 is 0 Å². The van der Waals surface area contributed by atoms with Crippen LogP contribution in [0.2, 0.25) is 0 Å². The molecule has 2 aromatic rings. The Labute approximate surface area is 159 Å². The zero-order valence-electron chi connectivity index (χ0n) is 13.9. The highest BCUT2D eigenvalue weighted by Crippen LogP contribution is 2.12. The summed E-state index contributed by atoms with van der Waals surface area (Å²) in [6.45, 7) is 5.84. The van der Waals surface area contributed by atoms with E-state index in [1.54, 1.807) is 18.4 Å². The lowest BCUT2D eigenvalue weighted by molar-refractivity contribution is 0.791. The molecule has 23 heavy (non-hydrogen) atoms. The number of benzene rings is 1.